The first-order valence-corrected chi connectivity index (χ1v) is 5.90. The van der Waals surface area contributed by atoms with E-state index in [-0.39, 0.29) is 12.4 Å². The number of hydrogen-bond acceptors (Lipinski definition) is 5. The molecule has 1 rings (SSSR count). The fourth-order valence-electron chi connectivity index (χ4n) is 1.51. The third kappa shape index (κ3) is 9.76. The molecule has 0 aromatic heterocycles. The van der Waals surface area contributed by atoms with Gasteiger partial charge in [0.2, 0.25) is 0 Å². The van der Waals surface area contributed by atoms with Crippen molar-refractivity contribution in [3.05, 3.63) is 0 Å². The zero-order valence-electron chi connectivity index (χ0n) is 10.5. The zero-order valence-corrected chi connectivity index (χ0v) is 11.3. The molecular weight excluding hydrogens is 246 g/mol. The Morgan fingerprint density at radius 1 is 1.00 bits per heavy atom. The van der Waals surface area contributed by atoms with E-state index in [1.54, 1.807) is 7.11 Å². The molecule has 1 aliphatic heterocycles. The highest BCUT2D eigenvalue weighted by atomic mass is 35.5. The molecule has 0 aliphatic carbocycles. The standard InChI is InChI=1S/C11H23NO4.ClH/c1-13-4-5-14-6-7-15-8-9-16-11-2-3-12-10-11;/h11-12H,2-10H2,1H3;1H/t11-;/m0./s1. The van der Waals surface area contributed by atoms with Crippen molar-refractivity contribution >= 4 is 12.4 Å². The van der Waals surface area contributed by atoms with E-state index in [9.17, 15) is 0 Å². The first kappa shape index (κ1) is 17.1. The number of nitrogens with one attached hydrogen (secondary N) is 1. The lowest BCUT2D eigenvalue weighted by molar-refractivity contribution is -0.0115. The van der Waals surface area contributed by atoms with Crippen molar-refractivity contribution in [2.75, 3.05) is 59.8 Å². The van der Waals surface area contributed by atoms with Gasteiger partial charge in [-0.25, -0.2) is 0 Å². The van der Waals surface area contributed by atoms with Gasteiger partial charge in [0.1, 0.15) is 0 Å². The Balaban J connectivity index is 0.00000256. The summed E-state index contributed by atoms with van der Waals surface area (Å²) in [5, 5.41) is 3.26. The first-order chi connectivity index (χ1) is 7.93. The van der Waals surface area contributed by atoms with Gasteiger partial charge in [0, 0.05) is 13.7 Å². The van der Waals surface area contributed by atoms with Gasteiger partial charge in [-0.15, -0.1) is 12.4 Å². The predicted molar refractivity (Wildman–Crippen MR) is 68.0 cm³/mol. The Bertz CT molecular complexity index is 156. The van der Waals surface area contributed by atoms with Crippen molar-refractivity contribution in [3.63, 3.8) is 0 Å². The van der Waals surface area contributed by atoms with Gasteiger partial charge in [-0.05, 0) is 13.0 Å². The molecule has 17 heavy (non-hydrogen) atoms. The number of methoxy groups -OCH3 is 1. The SMILES string of the molecule is COCCOCCOCCO[C@H]1CCNC1.Cl. The molecule has 6 heteroatoms. The number of halogens is 1. The molecule has 0 aromatic rings. The Morgan fingerprint density at radius 3 is 2.24 bits per heavy atom. The maximum Gasteiger partial charge on any atom is 0.0712 e. The summed E-state index contributed by atoms with van der Waals surface area (Å²) < 4.78 is 21.1. The van der Waals surface area contributed by atoms with Crippen molar-refractivity contribution in [3.8, 4) is 0 Å². The summed E-state index contributed by atoms with van der Waals surface area (Å²) in [4.78, 5) is 0. The van der Waals surface area contributed by atoms with Crippen LogP contribution in [0.3, 0.4) is 0 Å². The molecule has 0 spiro atoms. The van der Waals surface area contributed by atoms with Crippen LogP contribution in [0.2, 0.25) is 0 Å². The second-order valence-corrected chi connectivity index (χ2v) is 3.70. The van der Waals surface area contributed by atoms with E-state index in [1.807, 2.05) is 0 Å². The van der Waals surface area contributed by atoms with E-state index in [0.717, 1.165) is 19.5 Å². The van der Waals surface area contributed by atoms with E-state index < -0.39 is 0 Å². The maximum atomic E-state index is 5.60. The largest absolute Gasteiger partial charge is 0.382 e. The molecule has 1 heterocycles. The van der Waals surface area contributed by atoms with Crippen LogP contribution in [0.1, 0.15) is 6.42 Å². The fourth-order valence-corrected chi connectivity index (χ4v) is 1.51. The lowest BCUT2D eigenvalue weighted by Gasteiger charge is -2.10. The van der Waals surface area contributed by atoms with E-state index in [1.165, 1.54) is 0 Å². The molecule has 0 amide bonds. The van der Waals surface area contributed by atoms with Gasteiger partial charge in [-0.2, -0.15) is 0 Å². The van der Waals surface area contributed by atoms with Gasteiger partial charge in [-0.1, -0.05) is 0 Å². The van der Waals surface area contributed by atoms with Crippen molar-refractivity contribution < 1.29 is 18.9 Å². The quantitative estimate of drug-likeness (QED) is 0.584. The van der Waals surface area contributed by atoms with Crippen LogP contribution in [-0.4, -0.2) is 65.9 Å². The van der Waals surface area contributed by atoms with Gasteiger partial charge in [0.15, 0.2) is 0 Å². The van der Waals surface area contributed by atoms with Crippen LogP contribution in [0, 0.1) is 0 Å². The minimum absolute atomic E-state index is 0. The molecule has 1 aliphatic rings. The van der Waals surface area contributed by atoms with Crippen LogP contribution in [0.5, 0.6) is 0 Å². The highest BCUT2D eigenvalue weighted by Crippen LogP contribution is 2.01. The van der Waals surface area contributed by atoms with Crippen LogP contribution in [0.25, 0.3) is 0 Å². The minimum Gasteiger partial charge on any atom is -0.382 e. The second kappa shape index (κ2) is 12.5. The van der Waals surface area contributed by atoms with E-state index >= 15 is 0 Å². The topological polar surface area (TPSA) is 49.0 Å². The van der Waals surface area contributed by atoms with Gasteiger partial charge in [0.05, 0.1) is 45.7 Å². The fraction of sp³-hybridized carbons (Fsp3) is 1.00. The lowest BCUT2D eigenvalue weighted by atomic mass is 10.3. The second-order valence-electron chi connectivity index (χ2n) is 3.70. The smallest absolute Gasteiger partial charge is 0.0712 e. The third-order valence-electron chi connectivity index (χ3n) is 2.40. The van der Waals surface area contributed by atoms with Crippen molar-refractivity contribution in [1.82, 2.24) is 5.32 Å². The monoisotopic (exact) mass is 269 g/mol. The molecule has 1 N–H and O–H groups in total. The summed E-state index contributed by atoms with van der Waals surface area (Å²) >= 11 is 0. The molecule has 1 fully saturated rings. The molecule has 1 saturated heterocycles. The Morgan fingerprint density at radius 2 is 1.65 bits per heavy atom. The van der Waals surface area contributed by atoms with Crippen LogP contribution in [0.15, 0.2) is 0 Å². The van der Waals surface area contributed by atoms with Gasteiger partial charge in [0.25, 0.3) is 0 Å². The van der Waals surface area contributed by atoms with Gasteiger partial charge >= 0.3 is 0 Å². The average molecular weight is 270 g/mol. The van der Waals surface area contributed by atoms with Gasteiger partial charge < -0.3 is 24.3 Å². The first-order valence-electron chi connectivity index (χ1n) is 5.90. The van der Waals surface area contributed by atoms with Crippen molar-refractivity contribution in [2.45, 2.75) is 12.5 Å². The number of rotatable bonds is 10. The Kier molecular flexibility index (Phi) is 12.6. The molecule has 0 bridgehead atoms. The molecule has 0 unspecified atom stereocenters. The van der Waals surface area contributed by atoms with Crippen LogP contribution in [-0.2, 0) is 18.9 Å². The predicted octanol–water partition coefficient (Wildman–Crippen LogP) is 0.466. The summed E-state index contributed by atoms with van der Waals surface area (Å²) in [7, 11) is 1.66. The van der Waals surface area contributed by atoms with Crippen molar-refractivity contribution in [2.24, 2.45) is 0 Å². The van der Waals surface area contributed by atoms with Gasteiger partial charge in [-0.3, -0.25) is 0 Å². The number of ether oxygens (including phenoxy) is 4. The van der Waals surface area contributed by atoms with Crippen LogP contribution >= 0.6 is 12.4 Å². The molecule has 0 radical (unpaired) electrons. The van der Waals surface area contributed by atoms with Crippen molar-refractivity contribution in [1.29, 1.82) is 0 Å². The molecule has 104 valence electrons. The maximum absolute atomic E-state index is 5.60. The van der Waals surface area contributed by atoms with Crippen LogP contribution < -0.4 is 5.32 Å². The third-order valence-corrected chi connectivity index (χ3v) is 2.40. The zero-order chi connectivity index (χ0) is 11.5. The molecule has 5 nitrogen and oxygen atoms in total. The van der Waals surface area contributed by atoms with E-state index in [0.29, 0.717) is 45.7 Å². The highest BCUT2D eigenvalue weighted by molar-refractivity contribution is 5.85. The molecule has 0 aromatic carbocycles. The normalized spacial score (nSPS) is 19.2. The molecule has 0 saturated carbocycles. The Hall–Kier alpha value is 0.0900. The summed E-state index contributed by atoms with van der Waals surface area (Å²) in [6, 6.07) is 0. The molecular formula is C11H24ClNO4. The number of hydrogen-bond donors (Lipinski definition) is 1. The minimum atomic E-state index is 0. The average Bonchev–Trinajstić information content (AvgIpc) is 2.80. The molecule has 1 atom stereocenters. The summed E-state index contributed by atoms with van der Waals surface area (Å²) in [5.41, 5.74) is 0. The lowest BCUT2D eigenvalue weighted by Crippen LogP contribution is -2.19. The summed E-state index contributed by atoms with van der Waals surface area (Å²) in [6.07, 6.45) is 1.49. The van der Waals surface area contributed by atoms with E-state index in [2.05, 4.69) is 5.32 Å². The van der Waals surface area contributed by atoms with E-state index in [4.69, 9.17) is 18.9 Å². The summed E-state index contributed by atoms with van der Waals surface area (Å²) in [5.74, 6) is 0. The van der Waals surface area contributed by atoms with Crippen LogP contribution in [0.4, 0.5) is 0 Å². The summed E-state index contributed by atoms with van der Waals surface area (Å²) in [6.45, 7) is 5.86. The Labute approximate surface area is 110 Å². The highest BCUT2D eigenvalue weighted by Gasteiger charge is 2.13.